The van der Waals surface area contributed by atoms with E-state index in [1.54, 1.807) is 0 Å². The van der Waals surface area contributed by atoms with Crippen LogP contribution in [0.4, 0.5) is 0 Å². The molecule has 0 saturated heterocycles. The quantitative estimate of drug-likeness (QED) is 0.0146. The normalized spacial score (nSPS) is 14.4. The average Bonchev–Trinajstić information content (AvgIpc) is 0.898. The van der Waals surface area contributed by atoms with E-state index in [9.17, 15) is 43.5 Å². The maximum absolute atomic E-state index is 13.1. The van der Waals surface area contributed by atoms with Gasteiger partial charge in [-0.1, -0.05) is 409 Å². The Morgan fingerprint density at radius 3 is 0.683 bits per heavy atom. The van der Waals surface area contributed by atoms with Crippen molar-refractivity contribution in [2.45, 2.75) is 437 Å². The Balaban J connectivity index is 4.63. The number of carbonyl (C=O) groups is 3. The van der Waals surface area contributed by atoms with E-state index in [0.717, 1.165) is 154 Å². The number of esters is 3. The fourth-order valence-electron chi connectivity index (χ4n) is 13.4. The fourth-order valence-corrected chi connectivity index (χ4v) is 15.0. The molecule has 18 heteroatoms. The Hall–Kier alpha value is -5.09. The Bertz CT molecular complexity index is 2920. The monoisotopic (exact) mass is 1760 g/mol. The van der Waals surface area contributed by atoms with E-state index in [1.807, 2.05) is 0 Å². The first-order valence-electron chi connectivity index (χ1n) is 49.4. The number of aliphatic hydroxyl groups excluding tert-OH is 2. The summed E-state index contributed by atoms with van der Waals surface area (Å²) in [6.45, 7) is 2.56. The highest BCUT2D eigenvalue weighted by atomic mass is 31.2. The van der Waals surface area contributed by atoms with Gasteiger partial charge in [-0.2, -0.15) is 0 Å². The maximum Gasteiger partial charge on any atom is 0.472 e. The van der Waals surface area contributed by atoms with Gasteiger partial charge in [-0.05, 0) is 161 Å². The standard InChI is InChI=1S/C105H180O16P2/c1-4-7-10-13-16-19-22-25-28-31-34-37-40-43-45-47-49-51-53-56-58-61-64-67-70-73-76-79-82-85-88-91-103(108)115-94-100(106)95-117-122(111,112)118-96-101(107)97-119-123(113,114)120-99-102(121-105(110)93-90-87-84-81-78-75-72-69-66-63-60-55-42-39-36-33-30-27-24-21-18-15-12-9-6-3)98-116-104(109)92-89-86-83-80-77-74-71-68-65-62-59-57-54-52-50-48-46-44-41-38-35-32-29-26-23-20-17-14-11-8-5-2/h7,10,16-21,25-30,34-39,43-46,49,51,55,60,100-102,106-107H,4-6,8-9,11-15,22-24,31-33,40-42,47-48,50,52-54,56-59,61-99H2,1-3H3,(H,111,112)(H,113,114)/b10-7-,19-16-,20-17-,21-18-,28-25-,29-26-,30-27-,37-34-,38-35-,39-36-,45-43-,46-44-,51-49-,60-55-. The third kappa shape index (κ3) is 97.4. The highest BCUT2D eigenvalue weighted by Crippen LogP contribution is 2.45. The van der Waals surface area contributed by atoms with Crippen LogP contribution in [0.25, 0.3) is 0 Å². The molecule has 0 rings (SSSR count). The van der Waals surface area contributed by atoms with Crippen molar-refractivity contribution in [2.24, 2.45) is 0 Å². The van der Waals surface area contributed by atoms with Crippen LogP contribution >= 0.6 is 15.6 Å². The molecule has 0 radical (unpaired) electrons. The molecule has 0 spiro atoms. The van der Waals surface area contributed by atoms with Gasteiger partial charge in [0.05, 0.1) is 26.4 Å². The van der Waals surface area contributed by atoms with Gasteiger partial charge in [-0.25, -0.2) is 9.13 Å². The second-order valence-electron chi connectivity index (χ2n) is 32.8. The SMILES string of the molecule is CC/C=C\C/C=C\C/C=C\C/C=C\C/C=C\C/C=C\CCCCCCCCCCCCCCC(=O)OCC(O)COP(=O)(O)OCC(O)COP(=O)(O)OCC(COC(=O)CCCCCCCCCCCCCCCCC/C=C\C/C=C\C/C=C\C/C=C\CCCCC)OC(=O)CCCCCCCCCCC/C=C\C/C=C\C/C=C\C/C=C\CCCCC. The van der Waals surface area contributed by atoms with Gasteiger partial charge in [0.15, 0.2) is 6.10 Å². The molecule has 0 aromatic rings. The van der Waals surface area contributed by atoms with Gasteiger partial charge in [0.2, 0.25) is 0 Å². The molecule has 706 valence electrons. The highest BCUT2D eigenvalue weighted by Gasteiger charge is 2.30. The highest BCUT2D eigenvalue weighted by molar-refractivity contribution is 7.47. The number of hydrogen-bond acceptors (Lipinski definition) is 14. The van der Waals surface area contributed by atoms with Gasteiger partial charge in [-0.3, -0.25) is 32.5 Å². The van der Waals surface area contributed by atoms with Crippen LogP contribution in [0.3, 0.4) is 0 Å². The first-order chi connectivity index (χ1) is 60.2. The summed E-state index contributed by atoms with van der Waals surface area (Å²) in [6, 6.07) is 0. The Morgan fingerprint density at radius 2 is 0.431 bits per heavy atom. The predicted molar refractivity (Wildman–Crippen MR) is 519 cm³/mol. The Kier molecular flexibility index (Phi) is 92.0. The van der Waals surface area contributed by atoms with E-state index in [4.69, 9.17) is 32.3 Å². The van der Waals surface area contributed by atoms with Crippen molar-refractivity contribution < 1.29 is 75.8 Å². The summed E-state index contributed by atoms with van der Waals surface area (Å²) in [5, 5.41) is 20.8. The van der Waals surface area contributed by atoms with Gasteiger partial charge < -0.3 is 34.2 Å². The van der Waals surface area contributed by atoms with Gasteiger partial charge in [0, 0.05) is 19.3 Å². The molecule has 16 nitrogen and oxygen atoms in total. The maximum atomic E-state index is 13.1. The molecule has 4 N–H and O–H groups in total. The van der Waals surface area contributed by atoms with Crippen molar-refractivity contribution in [3.63, 3.8) is 0 Å². The van der Waals surface area contributed by atoms with Crippen molar-refractivity contribution in [1.82, 2.24) is 0 Å². The number of hydrogen-bond donors (Lipinski definition) is 4. The molecule has 0 heterocycles. The molecule has 0 aromatic carbocycles. The summed E-state index contributed by atoms with van der Waals surface area (Å²) >= 11 is 0. The lowest BCUT2D eigenvalue weighted by Crippen LogP contribution is -2.30. The lowest BCUT2D eigenvalue weighted by molar-refractivity contribution is -0.161. The average molecular weight is 1760 g/mol. The molecule has 0 aliphatic carbocycles. The first-order valence-corrected chi connectivity index (χ1v) is 52.4. The lowest BCUT2D eigenvalue weighted by atomic mass is 10.0. The number of ether oxygens (including phenoxy) is 3. The second-order valence-corrected chi connectivity index (χ2v) is 35.7. The van der Waals surface area contributed by atoms with Crippen LogP contribution < -0.4 is 0 Å². The molecule has 0 aliphatic heterocycles. The molecule has 0 saturated carbocycles. The number of carbonyl (C=O) groups excluding carboxylic acids is 3. The van der Waals surface area contributed by atoms with Gasteiger partial charge >= 0.3 is 33.6 Å². The molecule has 0 fully saturated rings. The molecule has 0 bridgehead atoms. The first kappa shape index (κ1) is 118. The van der Waals surface area contributed by atoms with Crippen molar-refractivity contribution in [3.05, 3.63) is 170 Å². The summed E-state index contributed by atoms with van der Waals surface area (Å²) in [5.41, 5.74) is 0. The van der Waals surface area contributed by atoms with Gasteiger partial charge in [-0.15, -0.1) is 0 Å². The van der Waals surface area contributed by atoms with Crippen molar-refractivity contribution in [2.75, 3.05) is 39.6 Å². The molecular formula is C105H180O16P2. The number of unbranched alkanes of at least 4 members (excludes halogenated alkanes) is 42. The fraction of sp³-hybridized carbons (Fsp3) is 0.705. The number of allylic oxidation sites excluding steroid dienone is 28. The minimum Gasteiger partial charge on any atom is -0.463 e. The minimum atomic E-state index is -4.95. The minimum absolute atomic E-state index is 0.0947. The zero-order chi connectivity index (χ0) is 89.3. The summed E-state index contributed by atoms with van der Waals surface area (Å²) in [4.78, 5) is 59.2. The second kappa shape index (κ2) is 96.0. The summed E-state index contributed by atoms with van der Waals surface area (Å²) in [6.07, 6.45) is 125. The third-order valence-electron chi connectivity index (χ3n) is 20.9. The largest absolute Gasteiger partial charge is 0.472 e. The Morgan fingerprint density at radius 1 is 0.236 bits per heavy atom. The van der Waals surface area contributed by atoms with Crippen molar-refractivity contribution in [1.29, 1.82) is 0 Å². The van der Waals surface area contributed by atoms with E-state index < -0.39 is 91.5 Å². The van der Waals surface area contributed by atoms with Crippen LogP contribution in [0.2, 0.25) is 0 Å². The van der Waals surface area contributed by atoms with Crippen LogP contribution in [-0.4, -0.2) is 95.9 Å². The van der Waals surface area contributed by atoms with Crippen molar-refractivity contribution >= 4 is 33.6 Å². The van der Waals surface area contributed by atoms with Crippen LogP contribution in [0.15, 0.2) is 170 Å². The molecule has 0 amide bonds. The van der Waals surface area contributed by atoms with E-state index >= 15 is 0 Å². The van der Waals surface area contributed by atoms with Crippen LogP contribution in [0, 0.1) is 0 Å². The molecular weight excluding hydrogens is 1580 g/mol. The van der Waals surface area contributed by atoms with E-state index in [2.05, 4.69) is 191 Å². The van der Waals surface area contributed by atoms with Gasteiger partial charge in [0.25, 0.3) is 0 Å². The van der Waals surface area contributed by atoms with Crippen molar-refractivity contribution in [3.8, 4) is 0 Å². The molecule has 0 aliphatic rings. The molecule has 123 heavy (non-hydrogen) atoms. The predicted octanol–water partition coefficient (Wildman–Crippen LogP) is 31.0. The zero-order valence-corrected chi connectivity index (χ0v) is 79.9. The van der Waals surface area contributed by atoms with Gasteiger partial charge in [0.1, 0.15) is 25.4 Å². The number of phosphoric acid groups is 2. The number of aliphatic hydroxyl groups is 2. The number of phosphoric ester groups is 2. The van der Waals surface area contributed by atoms with Crippen LogP contribution in [0.1, 0.15) is 419 Å². The number of rotatable bonds is 93. The third-order valence-corrected chi connectivity index (χ3v) is 22.8. The van der Waals surface area contributed by atoms with Crippen LogP contribution in [-0.2, 0) is 55.8 Å². The molecule has 5 atom stereocenters. The Labute approximate surface area is 752 Å². The summed E-state index contributed by atoms with van der Waals surface area (Å²) < 4.78 is 61.6. The van der Waals surface area contributed by atoms with E-state index in [0.29, 0.717) is 19.3 Å². The summed E-state index contributed by atoms with van der Waals surface area (Å²) in [5.74, 6) is -1.57. The molecule has 0 aromatic heterocycles. The lowest BCUT2D eigenvalue weighted by Gasteiger charge is -2.21. The smallest absolute Gasteiger partial charge is 0.463 e. The van der Waals surface area contributed by atoms with E-state index in [1.165, 1.54) is 205 Å². The molecule has 5 unspecified atom stereocenters. The summed E-state index contributed by atoms with van der Waals surface area (Å²) in [7, 11) is -9.82. The topological polar surface area (TPSA) is 231 Å². The zero-order valence-electron chi connectivity index (χ0n) is 78.1. The van der Waals surface area contributed by atoms with Crippen LogP contribution in [0.5, 0.6) is 0 Å². The van der Waals surface area contributed by atoms with E-state index in [-0.39, 0.29) is 19.3 Å².